The summed E-state index contributed by atoms with van der Waals surface area (Å²) in [4.78, 5) is 25.5. The fourth-order valence-corrected chi connectivity index (χ4v) is 12.5. The van der Waals surface area contributed by atoms with Crippen LogP contribution in [0.1, 0.15) is 77.0 Å². The zero-order chi connectivity index (χ0) is 57.0. The van der Waals surface area contributed by atoms with Gasteiger partial charge in [0.05, 0.1) is 61.4 Å². The van der Waals surface area contributed by atoms with Gasteiger partial charge in [0.15, 0.2) is 31.1 Å². The molecule has 79 heavy (non-hydrogen) atoms. The summed E-state index contributed by atoms with van der Waals surface area (Å²) in [7, 11) is 1.46. The van der Waals surface area contributed by atoms with Gasteiger partial charge in [-0.1, -0.05) is 12.2 Å². The summed E-state index contributed by atoms with van der Waals surface area (Å²) in [5, 5.41) is 161. The van der Waals surface area contributed by atoms with Crippen LogP contribution in [0.4, 0.5) is 0 Å². The first kappa shape index (κ1) is 62.5. The fraction of sp³-hybridized carbons (Fsp3) is 0.885. The molecule has 4 aliphatic heterocycles. The number of hydrogen-bond donors (Lipinski definition) is 15. The second-order valence-electron chi connectivity index (χ2n) is 22.7. The predicted octanol–water partition coefficient (Wildman–Crippen LogP) is -5.95. The van der Waals surface area contributed by atoms with Crippen molar-refractivity contribution in [2.24, 2.45) is 23.7 Å². The summed E-state index contributed by atoms with van der Waals surface area (Å²) in [6, 6.07) is 0. The molecule has 30 unspecified atom stereocenters. The van der Waals surface area contributed by atoms with Gasteiger partial charge in [-0.25, -0.2) is 9.59 Å². The van der Waals surface area contributed by atoms with Crippen molar-refractivity contribution in [1.29, 1.82) is 0 Å². The summed E-state index contributed by atoms with van der Waals surface area (Å²) in [5.41, 5.74) is 0. The highest BCUT2D eigenvalue weighted by atomic mass is 16.8. The van der Waals surface area contributed by atoms with Gasteiger partial charge >= 0.3 is 11.9 Å². The van der Waals surface area contributed by atoms with Gasteiger partial charge in [-0.3, -0.25) is 0 Å². The van der Waals surface area contributed by atoms with Crippen LogP contribution < -0.4 is 0 Å². The molecule has 0 radical (unpaired) electrons. The summed E-state index contributed by atoms with van der Waals surface area (Å²) in [5.74, 6) is -3.13. The van der Waals surface area contributed by atoms with Crippen molar-refractivity contribution in [3.05, 3.63) is 24.3 Å². The Labute approximate surface area is 455 Å². The molecule has 8 fully saturated rings. The van der Waals surface area contributed by atoms with Gasteiger partial charge in [0.1, 0.15) is 92.6 Å². The van der Waals surface area contributed by atoms with E-state index in [2.05, 4.69) is 0 Å². The molecule has 0 aromatic heterocycles. The smallest absolute Gasteiger partial charge is 0.330 e. The van der Waals surface area contributed by atoms with Gasteiger partial charge in [-0.2, -0.15) is 0 Å². The predicted molar refractivity (Wildman–Crippen MR) is 262 cm³/mol. The lowest BCUT2D eigenvalue weighted by atomic mass is 9.72. The lowest BCUT2D eigenvalue weighted by Crippen LogP contribution is -2.66. The molecule has 4 saturated heterocycles. The minimum atomic E-state index is -2.01. The molecule has 16 N–H and O–H groups in total. The Morgan fingerprint density at radius 3 is 1.53 bits per heavy atom. The highest BCUT2D eigenvalue weighted by molar-refractivity contribution is 5.82. The number of esters is 2. The monoisotopic (exact) mass is 1140 g/mol. The number of aliphatic hydroxyl groups is 17. The normalized spacial score (nSPS) is 49.1. The van der Waals surface area contributed by atoms with E-state index < -0.39 is 197 Å². The Hall–Kier alpha value is -2.50. The Kier molecular flexibility index (Phi) is 22.1. The second-order valence-corrected chi connectivity index (χ2v) is 22.7. The van der Waals surface area contributed by atoms with E-state index in [1.54, 1.807) is 6.08 Å². The maximum atomic E-state index is 12.8. The van der Waals surface area contributed by atoms with Crippen LogP contribution in [0, 0.1) is 23.7 Å². The molecule has 27 nitrogen and oxygen atoms in total. The van der Waals surface area contributed by atoms with Crippen LogP contribution in [0.3, 0.4) is 0 Å². The molecule has 0 bridgehead atoms. The molecule has 0 aromatic rings. The quantitative estimate of drug-likeness (QED) is 0.0366. The first-order valence-electron chi connectivity index (χ1n) is 27.6. The number of carbonyl (C=O) groups is 2. The van der Waals surface area contributed by atoms with Gasteiger partial charge < -0.3 is 124 Å². The van der Waals surface area contributed by atoms with Crippen LogP contribution >= 0.6 is 0 Å². The molecule has 4 saturated carbocycles. The molecule has 4 heterocycles. The van der Waals surface area contributed by atoms with Crippen molar-refractivity contribution < 1.29 is 134 Å². The molecular weight excluding hydrogens is 1060 g/mol. The second kappa shape index (κ2) is 27.9. The largest absolute Gasteiger partial charge is 0.460 e. The van der Waals surface area contributed by atoms with Crippen LogP contribution in [-0.2, 0) is 52.2 Å². The minimum Gasteiger partial charge on any atom is -0.460 e. The molecule has 8 aliphatic rings. The van der Waals surface area contributed by atoms with Crippen LogP contribution in [-0.4, -0.2) is 279 Å². The van der Waals surface area contributed by atoms with Gasteiger partial charge in [-0.15, -0.1) is 0 Å². The molecule has 30 atom stereocenters. The standard InChI is InChI=1S/C52H82O27/c1-70-33-14-23(6-9-28(33)57)48-34(17-25-31(73-48)15-24(54)16-32(25)74-50-46(68)43(65)41(63)36(77-50)19-71-38(60)10-4-21-2-7-26(55)29(58)12-21)75-52-49(45(67)40(62)35(18-53)76-52)79-51-47(69)44(66)42(64)37(78-51)20-72-39(61)11-5-22-3-8-27(56)30(59)13-22/h4-5,10-11,21-37,40-59,62-69H,2-3,6-9,12-20H2,1H3/p+1. The number of methoxy groups -OCH3 is 1. The lowest BCUT2D eigenvalue weighted by Gasteiger charge is -2.51. The molecule has 27 heteroatoms. The van der Waals surface area contributed by atoms with Crippen LogP contribution in [0.15, 0.2) is 24.3 Å². The van der Waals surface area contributed by atoms with E-state index in [9.17, 15) is 86.2 Å². The highest BCUT2D eigenvalue weighted by Gasteiger charge is 2.58. The summed E-state index contributed by atoms with van der Waals surface area (Å²) >= 11 is 0. The zero-order valence-corrected chi connectivity index (χ0v) is 43.9. The fourth-order valence-electron chi connectivity index (χ4n) is 12.5. The number of fused-ring (bicyclic) bond motifs is 1. The third-order valence-corrected chi connectivity index (χ3v) is 17.3. The topological polar surface area (TPSA) is 433 Å². The molecule has 0 amide bonds. The highest BCUT2D eigenvalue weighted by Crippen LogP contribution is 2.45. The van der Waals surface area contributed by atoms with Crippen LogP contribution in [0.25, 0.3) is 0 Å². The zero-order valence-electron chi connectivity index (χ0n) is 43.9. The number of carbonyl (C=O) groups excluding carboxylic acids is 2. The molecule has 4 aliphatic carbocycles. The van der Waals surface area contributed by atoms with E-state index in [0.717, 1.165) is 12.2 Å². The van der Waals surface area contributed by atoms with E-state index in [0.29, 0.717) is 44.9 Å². The first-order valence-corrected chi connectivity index (χ1v) is 27.6. The SMILES string of the molecule is COC1CC(C2[OH+]C3CC(O)CC(OC4OC(COC(=O)C=CC5CCC(O)C(O)C5)C(O)C(O)C4O)C3CC2OC2OC(CO)C(O)C(O)C2OC2OC(COC(=O)C=CC3CCC(O)C(O)C3)C(O)C(O)C2O)CCC1O. The van der Waals surface area contributed by atoms with Crippen molar-refractivity contribution in [3.63, 3.8) is 0 Å². The first-order chi connectivity index (χ1) is 37.6. The van der Waals surface area contributed by atoms with E-state index >= 15 is 0 Å². The molecule has 452 valence electrons. The van der Waals surface area contributed by atoms with E-state index in [1.165, 1.54) is 13.2 Å². The summed E-state index contributed by atoms with van der Waals surface area (Å²) in [6.07, 6.45) is -27.3. The number of ether oxygens (including phenoxy) is 10. The molecule has 8 rings (SSSR count). The van der Waals surface area contributed by atoms with Crippen molar-refractivity contribution in [3.8, 4) is 0 Å². The van der Waals surface area contributed by atoms with Crippen LogP contribution in [0.5, 0.6) is 0 Å². The number of allylic oxidation sites excluding steroid dienone is 2. The Morgan fingerprint density at radius 1 is 0.494 bits per heavy atom. The van der Waals surface area contributed by atoms with Crippen molar-refractivity contribution in [1.82, 2.24) is 0 Å². The minimum absolute atomic E-state index is 0.0406. The van der Waals surface area contributed by atoms with Crippen molar-refractivity contribution in [2.75, 3.05) is 26.9 Å². The number of hydrogen-bond acceptors (Lipinski definition) is 26. The Morgan fingerprint density at radius 2 is 1.00 bits per heavy atom. The maximum absolute atomic E-state index is 12.8. The molecular formula is C52H83O27+. The maximum Gasteiger partial charge on any atom is 0.330 e. The summed E-state index contributed by atoms with van der Waals surface area (Å²) in [6.45, 7) is -2.08. The van der Waals surface area contributed by atoms with Crippen molar-refractivity contribution >= 4 is 11.9 Å². The average Bonchev–Trinajstić information content (AvgIpc) is 3.45. The summed E-state index contributed by atoms with van der Waals surface area (Å²) < 4.78 is 58.6. The average molecular weight is 1140 g/mol. The number of rotatable bonds is 17. The Bertz CT molecular complexity index is 2000. The molecule has 0 spiro atoms. The van der Waals surface area contributed by atoms with Gasteiger partial charge in [0.2, 0.25) is 0 Å². The third-order valence-electron chi connectivity index (χ3n) is 17.3. The molecule has 0 aromatic carbocycles. The van der Waals surface area contributed by atoms with E-state index in [-0.39, 0.29) is 49.9 Å². The van der Waals surface area contributed by atoms with E-state index in [1.807, 2.05) is 0 Å². The lowest BCUT2D eigenvalue weighted by molar-refractivity contribution is -0.390. The van der Waals surface area contributed by atoms with Gasteiger partial charge in [0.25, 0.3) is 0 Å². The van der Waals surface area contributed by atoms with Gasteiger partial charge in [-0.05, 0) is 76.0 Å². The van der Waals surface area contributed by atoms with Crippen LogP contribution in [0.2, 0.25) is 0 Å². The van der Waals surface area contributed by atoms with Gasteiger partial charge in [0, 0.05) is 38.0 Å². The third kappa shape index (κ3) is 15.1. The Balaban J connectivity index is 0.983. The van der Waals surface area contributed by atoms with E-state index in [4.69, 9.17) is 47.4 Å². The number of aliphatic hydroxyl groups excluding tert-OH is 15. The van der Waals surface area contributed by atoms with Crippen molar-refractivity contribution in [2.45, 2.75) is 236 Å².